The molecule has 0 amide bonds. The van der Waals surface area contributed by atoms with Crippen molar-refractivity contribution in [3.63, 3.8) is 0 Å². The number of nitrogens with one attached hydrogen (secondary N) is 1. The fourth-order valence-electron chi connectivity index (χ4n) is 0.647. The minimum absolute atomic E-state index is 0.0121. The summed E-state index contributed by atoms with van der Waals surface area (Å²) < 4.78 is 11.9. The highest BCUT2D eigenvalue weighted by Crippen LogP contribution is 2.03. The van der Waals surface area contributed by atoms with E-state index in [0.29, 0.717) is 0 Å². The number of aromatic nitrogens is 2. The van der Waals surface area contributed by atoms with Gasteiger partial charge in [-0.1, -0.05) is 0 Å². The summed E-state index contributed by atoms with van der Waals surface area (Å²) in [4.78, 5) is 5.87. The second-order valence-corrected chi connectivity index (χ2v) is 1.76. The maximum absolute atomic E-state index is 11.9. The first-order valence-electron chi connectivity index (χ1n) is 2.77. The average Bonchev–Trinajstić information content (AvgIpc) is 2.46. The Hall–Kier alpha value is -1.88. The predicted molar refractivity (Wildman–Crippen MR) is 32.8 cm³/mol. The van der Waals surface area contributed by atoms with Gasteiger partial charge in [-0.05, 0) is 0 Å². The van der Waals surface area contributed by atoms with Crippen molar-refractivity contribution >= 4 is 0 Å². The summed E-state index contributed by atoms with van der Waals surface area (Å²) in [5.41, 5.74) is -0.0414. The number of aromatic amines is 1. The van der Waals surface area contributed by atoms with Gasteiger partial charge >= 0.3 is 0 Å². The number of halogens is 1. The lowest BCUT2D eigenvalue weighted by molar-refractivity contribution is 0.468. The monoisotopic (exact) mass is 150 g/mol. The van der Waals surface area contributed by atoms with E-state index in [9.17, 15) is 4.39 Å². The van der Waals surface area contributed by atoms with Gasteiger partial charge in [-0.2, -0.15) is 10.5 Å². The predicted octanol–water partition coefficient (Wildman–Crippen LogP) is 0.623. The van der Waals surface area contributed by atoms with Crippen LogP contribution in [0.25, 0.3) is 0 Å². The number of hydrogen-bond acceptors (Lipinski definition) is 3. The molecule has 0 aliphatic rings. The molecule has 1 rings (SSSR count). The highest BCUT2D eigenvalue weighted by atomic mass is 19.1. The Balaban J connectivity index is 3.18. The van der Waals surface area contributed by atoms with Gasteiger partial charge in [-0.3, -0.25) is 0 Å². The van der Waals surface area contributed by atoms with E-state index in [4.69, 9.17) is 10.5 Å². The second kappa shape index (κ2) is 2.80. The van der Waals surface area contributed by atoms with Gasteiger partial charge in [0.2, 0.25) is 0 Å². The summed E-state index contributed by atoms with van der Waals surface area (Å²) in [6, 6.07) is 3.36. The van der Waals surface area contributed by atoms with Gasteiger partial charge in [0, 0.05) is 0 Å². The lowest BCUT2D eigenvalue weighted by Crippen LogP contribution is -1.79. The van der Waals surface area contributed by atoms with Crippen molar-refractivity contribution in [1.82, 2.24) is 9.97 Å². The Kier molecular flexibility index (Phi) is 1.84. The van der Waals surface area contributed by atoms with E-state index >= 15 is 0 Å². The third kappa shape index (κ3) is 1.17. The molecule has 0 aliphatic heterocycles. The van der Waals surface area contributed by atoms with E-state index in [-0.39, 0.29) is 17.2 Å². The van der Waals surface area contributed by atoms with E-state index in [0.717, 1.165) is 0 Å². The summed E-state index contributed by atoms with van der Waals surface area (Å²) in [6.07, 6.45) is 0. The summed E-state index contributed by atoms with van der Waals surface area (Å²) in [6.45, 7) is -0.795. The molecule has 0 saturated carbocycles. The number of rotatable bonds is 1. The van der Waals surface area contributed by atoms with E-state index in [1.807, 2.05) is 0 Å². The standard InChI is InChI=1S/C6H3FN4/c7-1-6-10-4(2-8)5(3-9)11-6/h1H2,(H,10,11). The molecule has 11 heavy (non-hydrogen) atoms. The number of nitriles is 2. The van der Waals surface area contributed by atoms with Gasteiger partial charge in [0.1, 0.15) is 24.6 Å². The van der Waals surface area contributed by atoms with Gasteiger partial charge in [0.05, 0.1) is 0 Å². The number of nitrogens with zero attached hydrogens (tertiary/aromatic N) is 3. The van der Waals surface area contributed by atoms with Crippen molar-refractivity contribution in [2.24, 2.45) is 0 Å². The Morgan fingerprint density at radius 2 is 2.18 bits per heavy atom. The Morgan fingerprint density at radius 3 is 2.55 bits per heavy atom. The fourth-order valence-corrected chi connectivity index (χ4v) is 0.647. The van der Waals surface area contributed by atoms with Crippen molar-refractivity contribution in [2.75, 3.05) is 0 Å². The summed E-state index contributed by atoms with van der Waals surface area (Å²) in [7, 11) is 0. The summed E-state index contributed by atoms with van der Waals surface area (Å²) in [5, 5.41) is 16.7. The topological polar surface area (TPSA) is 76.3 Å². The van der Waals surface area contributed by atoms with Gasteiger partial charge < -0.3 is 4.98 Å². The highest BCUT2D eigenvalue weighted by Gasteiger charge is 2.07. The number of alkyl halides is 1. The molecule has 0 spiro atoms. The van der Waals surface area contributed by atoms with Crippen LogP contribution in [0.1, 0.15) is 17.2 Å². The number of hydrogen-bond donors (Lipinski definition) is 1. The lowest BCUT2D eigenvalue weighted by Gasteiger charge is -1.78. The van der Waals surface area contributed by atoms with Crippen LogP contribution >= 0.6 is 0 Å². The molecular formula is C6H3FN4. The molecule has 1 aromatic heterocycles. The summed E-state index contributed by atoms with van der Waals surface area (Å²) >= 11 is 0. The van der Waals surface area contributed by atoms with Gasteiger partial charge in [0.15, 0.2) is 11.4 Å². The average molecular weight is 150 g/mol. The molecule has 1 aromatic rings. The van der Waals surface area contributed by atoms with Crippen molar-refractivity contribution in [3.05, 3.63) is 17.2 Å². The van der Waals surface area contributed by atoms with Crippen LogP contribution in [0.3, 0.4) is 0 Å². The zero-order valence-electron chi connectivity index (χ0n) is 5.43. The van der Waals surface area contributed by atoms with Crippen LogP contribution in [0.5, 0.6) is 0 Å². The lowest BCUT2D eigenvalue weighted by atomic mass is 10.4. The van der Waals surface area contributed by atoms with Gasteiger partial charge in [-0.15, -0.1) is 0 Å². The van der Waals surface area contributed by atoms with Crippen LogP contribution in [0.4, 0.5) is 4.39 Å². The molecule has 54 valence electrons. The number of H-pyrrole nitrogens is 1. The molecule has 0 saturated heterocycles. The molecule has 0 aliphatic carbocycles. The van der Waals surface area contributed by atoms with Crippen molar-refractivity contribution in [1.29, 1.82) is 10.5 Å². The zero-order valence-corrected chi connectivity index (χ0v) is 5.43. The Bertz CT molecular complexity index is 309. The third-order valence-electron chi connectivity index (χ3n) is 1.10. The molecular weight excluding hydrogens is 147 g/mol. The molecule has 1 N–H and O–H groups in total. The van der Waals surface area contributed by atoms with E-state index in [1.54, 1.807) is 12.1 Å². The minimum Gasteiger partial charge on any atom is -0.330 e. The van der Waals surface area contributed by atoms with Crippen LogP contribution in [-0.2, 0) is 6.67 Å². The SMILES string of the molecule is N#Cc1nc(CF)[nH]c1C#N. The van der Waals surface area contributed by atoms with Crippen LogP contribution in [0.2, 0.25) is 0 Å². The Labute approximate surface area is 61.9 Å². The quantitative estimate of drug-likeness (QED) is 0.637. The molecule has 4 nitrogen and oxygen atoms in total. The first-order valence-corrected chi connectivity index (χ1v) is 2.77. The van der Waals surface area contributed by atoms with Gasteiger partial charge in [-0.25, -0.2) is 9.37 Å². The molecule has 5 heteroatoms. The largest absolute Gasteiger partial charge is 0.330 e. The third-order valence-corrected chi connectivity index (χ3v) is 1.10. The normalized spacial score (nSPS) is 8.64. The molecule has 0 unspecified atom stereocenters. The van der Waals surface area contributed by atoms with Crippen LogP contribution < -0.4 is 0 Å². The summed E-state index contributed by atoms with van der Waals surface area (Å²) in [5.74, 6) is 0.0121. The first-order chi connectivity index (χ1) is 5.31. The van der Waals surface area contributed by atoms with Crippen LogP contribution in [-0.4, -0.2) is 9.97 Å². The van der Waals surface area contributed by atoms with E-state index in [2.05, 4.69) is 9.97 Å². The van der Waals surface area contributed by atoms with Crippen molar-refractivity contribution in [2.45, 2.75) is 6.67 Å². The molecule has 0 aromatic carbocycles. The van der Waals surface area contributed by atoms with Gasteiger partial charge in [0.25, 0.3) is 0 Å². The molecule has 0 atom stereocenters. The van der Waals surface area contributed by atoms with Crippen molar-refractivity contribution < 1.29 is 4.39 Å². The second-order valence-electron chi connectivity index (χ2n) is 1.76. The van der Waals surface area contributed by atoms with E-state index < -0.39 is 6.67 Å². The maximum Gasteiger partial charge on any atom is 0.176 e. The number of imidazole rings is 1. The molecule has 1 heterocycles. The molecule has 0 fully saturated rings. The zero-order chi connectivity index (χ0) is 8.27. The molecule has 0 bridgehead atoms. The minimum atomic E-state index is -0.795. The Morgan fingerprint density at radius 1 is 1.45 bits per heavy atom. The fraction of sp³-hybridized carbons (Fsp3) is 0.167. The van der Waals surface area contributed by atoms with E-state index in [1.165, 1.54) is 0 Å². The van der Waals surface area contributed by atoms with Crippen molar-refractivity contribution in [3.8, 4) is 12.1 Å². The smallest absolute Gasteiger partial charge is 0.176 e. The highest BCUT2D eigenvalue weighted by molar-refractivity contribution is 5.36. The molecule has 0 radical (unpaired) electrons. The van der Waals surface area contributed by atoms with Crippen LogP contribution in [0.15, 0.2) is 0 Å². The van der Waals surface area contributed by atoms with Crippen LogP contribution in [0, 0.1) is 22.7 Å². The maximum atomic E-state index is 11.9. The first kappa shape index (κ1) is 7.23.